The lowest BCUT2D eigenvalue weighted by molar-refractivity contribution is -0.113. The minimum atomic E-state index is -0.123. The molecular formula is C18H25N3O4S. The molecular weight excluding hydrogens is 354 g/mol. The number of aryl methyl sites for hydroxylation is 1. The molecule has 0 atom stereocenters. The number of imidazole rings is 1. The summed E-state index contributed by atoms with van der Waals surface area (Å²) < 4.78 is 17.7. The number of hydrogen-bond acceptors (Lipinski definition) is 6. The quantitative estimate of drug-likeness (QED) is 0.675. The third-order valence-corrected chi connectivity index (χ3v) is 4.89. The topological polar surface area (TPSA) is 74.6 Å². The molecule has 0 saturated carbocycles. The summed E-state index contributed by atoms with van der Waals surface area (Å²) in [4.78, 5) is 16.9. The third-order valence-electron chi connectivity index (χ3n) is 3.91. The first-order chi connectivity index (χ1) is 12.5. The number of rotatable bonds is 9. The van der Waals surface area contributed by atoms with Gasteiger partial charge in [-0.15, -0.1) is 0 Å². The van der Waals surface area contributed by atoms with Gasteiger partial charge >= 0.3 is 0 Å². The van der Waals surface area contributed by atoms with Crippen LogP contribution in [0.3, 0.4) is 0 Å². The zero-order valence-electron chi connectivity index (χ0n) is 15.8. The van der Waals surface area contributed by atoms with Crippen molar-refractivity contribution in [2.45, 2.75) is 25.5 Å². The Morgan fingerprint density at radius 3 is 2.38 bits per heavy atom. The van der Waals surface area contributed by atoms with Crippen molar-refractivity contribution in [3.05, 3.63) is 29.6 Å². The number of carbonyl (C=O) groups is 1. The van der Waals surface area contributed by atoms with Gasteiger partial charge in [-0.05, 0) is 13.8 Å². The Morgan fingerprint density at radius 2 is 1.81 bits per heavy atom. The first-order valence-corrected chi connectivity index (χ1v) is 9.15. The fourth-order valence-corrected chi connectivity index (χ4v) is 3.30. The highest BCUT2D eigenvalue weighted by Gasteiger charge is 2.14. The summed E-state index contributed by atoms with van der Waals surface area (Å²) in [5.41, 5.74) is 2.67. The van der Waals surface area contributed by atoms with E-state index in [-0.39, 0.29) is 11.7 Å². The highest BCUT2D eigenvalue weighted by molar-refractivity contribution is 7.99. The van der Waals surface area contributed by atoms with Crippen LogP contribution in [0.25, 0.3) is 0 Å². The van der Waals surface area contributed by atoms with Crippen LogP contribution in [0.15, 0.2) is 23.4 Å². The Bertz CT molecular complexity index is 739. The Morgan fingerprint density at radius 1 is 1.15 bits per heavy atom. The number of methoxy groups -OCH3 is 3. The first-order valence-electron chi connectivity index (χ1n) is 8.16. The van der Waals surface area contributed by atoms with Gasteiger partial charge in [0.1, 0.15) is 11.5 Å². The predicted molar refractivity (Wildman–Crippen MR) is 102 cm³/mol. The summed E-state index contributed by atoms with van der Waals surface area (Å²) in [6.07, 6.45) is 0. The van der Waals surface area contributed by atoms with E-state index < -0.39 is 0 Å². The van der Waals surface area contributed by atoms with Crippen molar-refractivity contribution in [2.75, 3.05) is 39.0 Å². The smallest absolute Gasteiger partial charge is 0.234 e. The second-order valence-electron chi connectivity index (χ2n) is 5.65. The fraction of sp³-hybridized carbons (Fsp3) is 0.444. The van der Waals surface area contributed by atoms with Crippen LogP contribution in [-0.2, 0) is 16.1 Å². The number of benzene rings is 1. The van der Waals surface area contributed by atoms with Gasteiger partial charge in [0.2, 0.25) is 5.91 Å². The molecule has 2 rings (SSSR count). The molecule has 1 aromatic heterocycles. The summed E-state index contributed by atoms with van der Waals surface area (Å²) in [7, 11) is 4.81. The lowest BCUT2D eigenvalue weighted by atomic mass is 10.2. The molecule has 7 nitrogen and oxygen atoms in total. The molecule has 0 aliphatic rings. The number of amides is 1. The molecule has 142 valence electrons. The molecule has 1 amide bonds. The number of carbonyl (C=O) groups excluding carboxylic acids is 1. The van der Waals surface area contributed by atoms with E-state index in [1.54, 1.807) is 39.5 Å². The van der Waals surface area contributed by atoms with E-state index in [4.69, 9.17) is 14.2 Å². The van der Waals surface area contributed by atoms with Gasteiger partial charge in [-0.3, -0.25) is 4.79 Å². The number of nitrogens with zero attached hydrogens (tertiary/aromatic N) is 2. The second kappa shape index (κ2) is 9.49. The van der Waals surface area contributed by atoms with Crippen LogP contribution in [0, 0.1) is 13.8 Å². The standard InChI is InChI=1S/C18H25N3O4S/c1-12-13(2)21(6-7-23-3)18(19-12)26-11-17(22)20-14-8-15(24-4)10-16(9-14)25-5/h8-10H,6-7,11H2,1-5H3,(H,20,22). The van der Waals surface area contributed by atoms with Gasteiger partial charge < -0.3 is 24.1 Å². The second-order valence-corrected chi connectivity index (χ2v) is 6.59. The summed E-state index contributed by atoms with van der Waals surface area (Å²) in [6.45, 7) is 5.29. The first kappa shape index (κ1) is 20.1. The summed E-state index contributed by atoms with van der Waals surface area (Å²) in [5, 5.41) is 3.68. The number of thioether (sulfide) groups is 1. The Labute approximate surface area is 158 Å². The average molecular weight is 379 g/mol. The van der Waals surface area contributed by atoms with Gasteiger partial charge in [0, 0.05) is 43.2 Å². The molecule has 0 bridgehead atoms. The van der Waals surface area contributed by atoms with Crippen LogP contribution in [0.5, 0.6) is 11.5 Å². The molecule has 0 unspecified atom stereocenters. The lowest BCUT2D eigenvalue weighted by Gasteiger charge is -2.11. The zero-order valence-corrected chi connectivity index (χ0v) is 16.6. The van der Waals surface area contributed by atoms with Gasteiger partial charge in [0.15, 0.2) is 5.16 Å². The van der Waals surface area contributed by atoms with Crippen molar-refractivity contribution in [3.63, 3.8) is 0 Å². The van der Waals surface area contributed by atoms with Gasteiger partial charge in [-0.1, -0.05) is 11.8 Å². The predicted octanol–water partition coefficient (Wildman–Crippen LogP) is 2.89. The minimum Gasteiger partial charge on any atom is -0.497 e. The molecule has 1 heterocycles. The summed E-state index contributed by atoms with van der Waals surface area (Å²) >= 11 is 1.40. The van der Waals surface area contributed by atoms with Crippen LogP contribution in [0.2, 0.25) is 0 Å². The van der Waals surface area contributed by atoms with E-state index >= 15 is 0 Å². The highest BCUT2D eigenvalue weighted by Crippen LogP contribution is 2.26. The van der Waals surface area contributed by atoms with E-state index in [0.29, 0.717) is 30.3 Å². The third kappa shape index (κ3) is 5.15. The lowest BCUT2D eigenvalue weighted by Crippen LogP contribution is -2.15. The van der Waals surface area contributed by atoms with Crippen molar-refractivity contribution in [3.8, 4) is 11.5 Å². The molecule has 0 aliphatic carbocycles. The zero-order chi connectivity index (χ0) is 19.1. The van der Waals surface area contributed by atoms with Crippen LogP contribution >= 0.6 is 11.8 Å². The number of ether oxygens (including phenoxy) is 3. The molecule has 1 aromatic carbocycles. The maximum atomic E-state index is 12.3. The molecule has 0 radical (unpaired) electrons. The van der Waals surface area contributed by atoms with Gasteiger partial charge in [0.25, 0.3) is 0 Å². The molecule has 2 aromatic rings. The van der Waals surface area contributed by atoms with Crippen molar-refractivity contribution in [2.24, 2.45) is 0 Å². The number of anilines is 1. The maximum Gasteiger partial charge on any atom is 0.234 e. The van der Waals surface area contributed by atoms with Crippen molar-refractivity contribution >= 4 is 23.4 Å². The van der Waals surface area contributed by atoms with Crippen LogP contribution in [0.4, 0.5) is 5.69 Å². The molecule has 0 spiro atoms. The number of hydrogen-bond donors (Lipinski definition) is 1. The van der Waals surface area contributed by atoms with E-state index in [9.17, 15) is 4.79 Å². The largest absolute Gasteiger partial charge is 0.497 e. The fourth-order valence-electron chi connectivity index (χ4n) is 2.39. The molecule has 0 aliphatic heterocycles. The molecule has 8 heteroatoms. The van der Waals surface area contributed by atoms with Crippen molar-refractivity contribution in [1.29, 1.82) is 0 Å². The Kier molecular flexibility index (Phi) is 7.35. The van der Waals surface area contributed by atoms with E-state index in [2.05, 4.69) is 14.9 Å². The maximum absolute atomic E-state index is 12.3. The van der Waals surface area contributed by atoms with Gasteiger partial charge in [0.05, 0.1) is 32.3 Å². The van der Waals surface area contributed by atoms with Crippen LogP contribution in [0.1, 0.15) is 11.4 Å². The number of aromatic nitrogens is 2. The van der Waals surface area contributed by atoms with Crippen molar-refractivity contribution in [1.82, 2.24) is 9.55 Å². The molecule has 26 heavy (non-hydrogen) atoms. The van der Waals surface area contributed by atoms with Gasteiger partial charge in [-0.2, -0.15) is 0 Å². The molecule has 0 fully saturated rings. The van der Waals surface area contributed by atoms with Gasteiger partial charge in [-0.25, -0.2) is 4.98 Å². The van der Waals surface area contributed by atoms with E-state index in [0.717, 1.165) is 16.5 Å². The summed E-state index contributed by atoms with van der Waals surface area (Å²) in [6, 6.07) is 5.25. The Balaban J connectivity index is 2.02. The molecule has 0 saturated heterocycles. The SMILES string of the molecule is COCCn1c(SCC(=O)Nc2cc(OC)cc(OC)c2)nc(C)c1C. The van der Waals surface area contributed by atoms with Crippen molar-refractivity contribution < 1.29 is 19.0 Å². The number of nitrogens with one attached hydrogen (secondary N) is 1. The highest BCUT2D eigenvalue weighted by atomic mass is 32.2. The average Bonchev–Trinajstić information content (AvgIpc) is 2.91. The van der Waals surface area contributed by atoms with E-state index in [1.807, 2.05) is 13.8 Å². The minimum absolute atomic E-state index is 0.123. The van der Waals surface area contributed by atoms with E-state index in [1.165, 1.54) is 11.8 Å². The normalized spacial score (nSPS) is 10.7. The van der Waals surface area contributed by atoms with Crippen LogP contribution < -0.4 is 14.8 Å². The molecule has 1 N–H and O–H groups in total. The Hall–Kier alpha value is -2.19. The monoisotopic (exact) mass is 379 g/mol. The van der Waals surface area contributed by atoms with Crippen LogP contribution in [-0.4, -0.2) is 49.1 Å². The summed E-state index contributed by atoms with van der Waals surface area (Å²) in [5.74, 6) is 1.37.